The van der Waals surface area contributed by atoms with Crippen molar-refractivity contribution in [3.8, 4) is 0 Å². The number of hydrazine groups is 1. The highest BCUT2D eigenvalue weighted by atomic mass is 16.6. The fraction of sp³-hybridized carbons (Fsp3) is 0.727. The van der Waals surface area contributed by atoms with Crippen molar-refractivity contribution >= 4 is 6.09 Å². The molecule has 2 unspecified atom stereocenters. The summed E-state index contributed by atoms with van der Waals surface area (Å²) in [5.74, 6) is 5.43. The van der Waals surface area contributed by atoms with Crippen molar-refractivity contribution in [1.29, 1.82) is 0 Å². The molecular weight excluding hydrogens is 220 g/mol. The first-order valence-electron chi connectivity index (χ1n) is 5.72. The second kappa shape index (κ2) is 5.37. The number of amides is 1. The maximum Gasteiger partial charge on any atom is 0.407 e. The summed E-state index contributed by atoms with van der Waals surface area (Å²) in [4.78, 5) is 11.6. The zero-order valence-electron chi connectivity index (χ0n) is 10.6. The van der Waals surface area contributed by atoms with Crippen molar-refractivity contribution in [3.05, 3.63) is 11.8 Å². The number of hydrogen-bond donors (Lipinski definition) is 4. The monoisotopic (exact) mass is 242 g/mol. The largest absolute Gasteiger partial charge is 0.444 e. The van der Waals surface area contributed by atoms with Crippen molar-refractivity contribution in [2.45, 2.75) is 51.3 Å². The molecule has 1 rings (SSSR count). The summed E-state index contributed by atoms with van der Waals surface area (Å²) in [5, 5.41) is 2.79. The molecule has 6 nitrogen and oxygen atoms in total. The van der Waals surface area contributed by atoms with Gasteiger partial charge in [-0.3, -0.25) is 11.3 Å². The highest BCUT2D eigenvalue weighted by molar-refractivity contribution is 5.68. The summed E-state index contributed by atoms with van der Waals surface area (Å²) >= 11 is 0. The first-order valence-corrected chi connectivity index (χ1v) is 5.72. The van der Waals surface area contributed by atoms with Crippen molar-refractivity contribution in [1.82, 2.24) is 10.7 Å². The standard InChI is InChI=1S/C11H22N4O2/c1-11(2,3)17-10(16)14-8-5-4-7(12)6-9(8)15-13/h4,8-9,15H,5-6,12-13H2,1-3H3,(H,14,16). The Morgan fingerprint density at radius 2 is 2.12 bits per heavy atom. The van der Waals surface area contributed by atoms with Crippen LogP contribution in [-0.4, -0.2) is 23.8 Å². The fourth-order valence-corrected chi connectivity index (χ4v) is 1.72. The van der Waals surface area contributed by atoms with Crippen LogP contribution in [0.2, 0.25) is 0 Å². The highest BCUT2D eigenvalue weighted by Gasteiger charge is 2.27. The molecule has 98 valence electrons. The normalized spacial score (nSPS) is 25.1. The van der Waals surface area contributed by atoms with Gasteiger partial charge in [0, 0.05) is 18.2 Å². The zero-order chi connectivity index (χ0) is 13.1. The predicted molar refractivity (Wildman–Crippen MR) is 65.8 cm³/mol. The van der Waals surface area contributed by atoms with E-state index in [0.717, 1.165) is 5.70 Å². The number of rotatable bonds is 2. The van der Waals surface area contributed by atoms with E-state index < -0.39 is 11.7 Å². The summed E-state index contributed by atoms with van der Waals surface area (Å²) in [6.45, 7) is 5.47. The van der Waals surface area contributed by atoms with Gasteiger partial charge in [0.05, 0.1) is 6.04 Å². The van der Waals surface area contributed by atoms with E-state index in [2.05, 4.69) is 10.7 Å². The Hall–Kier alpha value is -1.27. The number of alkyl carbamates (subject to hydrolysis) is 1. The Bertz CT molecular complexity index is 309. The lowest BCUT2D eigenvalue weighted by atomic mass is 9.94. The Morgan fingerprint density at radius 1 is 1.47 bits per heavy atom. The van der Waals surface area contributed by atoms with Gasteiger partial charge in [-0.05, 0) is 27.2 Å². The minimum Gasteiger partial charge on any atom is -0.444 e. The molecule has 0 radical (unpaired) electrons. The SMILES string of the molecule is CC(C)(C)OC(=O)NC1CC=C(N)CC1NN. The molecule has 0 fully saturated rings. The smallest absolute Gasteiger partial charge is 0.407 e. The van der Waals surface area contributed by atoms with Crippen LogP contribution in [0.3, 0.4) is 0 Å². The average molecular weight is 242 g/mol. The molecule has 6 heteroatoms. The van der Waals surface area contributed by atoms with Gasteiger partial charge in [0.1, 0.15) is 5.60 Å². The summed E-state index contributed by atoms with van der Waals surface area (Å²) < 4.78 is 5.19. The van der Waals surface area contributed by atoms with Gasteiger partial charge < -0.3 is 15.8 Å². The van der Waals surface area contributed by atoms with Crippen LogP contribution in [0.25, 0.3) is 0 Å². The topological polar surface area (TPSA) is 102 Å². The molecule has 0 aromatic rings. The lowest BCUT2D eigenvalue weighted by Gasteiger charge is -2.31. The molecule has 2 atom stereocenters. The van der Waals surface area contributed by atoms with Crippen LogP contribution >= 0.6 is 0 Å². The third-order valence-corrected chi connectivity index (χ3v) is 2.49. The number of nitrogens with two attached hydrogens (primary N) is 2. The first kappa shape index (κ1) is 13.8. The second-order valence-electron chi connectivity index (χ2n) is 5.24. The van der Waals surface area contributed by atoms with E-state index >= 15 is 0 Å². The van der Waals surface area contributed by atoms with E-state index in [0.29, 0.717) is 12.8 Å². The molecule has 0 saturated heterocycles. The Labute approximate surface area is 102 Å². The molecule has 0 spiro atoms. The Morgan fingerprint density at radius 3 is 2.65 bits per heavy atom. The van der Waals surface area contributed by atoms with Crippen LogP contribution in [0, 0.1) is 0 Å². The molecule has 1 amide bonds. The second-order valence-corrected chi connectivity index (χ2v) is 5.24. The van der Waals surface area contributed by atoms with Crippen molar-refractivity contribution in [2.75, 3.05) is 0 Å². The van der Waals surface area contributed by atoms with E-state index in [9.17, 15) is 4.79 Å². The van der Waals surface area contributed by atoms with Gasteiger partial charge in [0.2, 0.25) is 0 Å². The van der Waals surface area contributed by atoms with Gasteiger partial charge in [-0.25, -0.2) is 4.79 Å². The fourth-order valence-electron chi connectivity index (χ4n) is 1.72. The molecule has 17 heavy (non-hydrogen) atoms. The molecule has 1 aliphatic rings. The van der Waals surface area contributed by atoms with Gasteiger partial charge in [-0.1, -0.05) is 6.08 Å². The highest BCUT2D eigenvalue weighted by Crippen LogP contribution is 2.16. The van der Waals surface area contributed by atoms with Crippen LogP contribution in [0.4, 0.5) is 4.79 Å². The van der Waals surface area contributed by atoms with Gasteiger partial charge in [-0.2, -0.15) is 0 Å². The van der Waals surface area contributed by atoms with Gasteiger partial charge in [0.15, 0.2) is 0 Å². The first-order chi connectivity index (χ1) is 7.81. The third-order valence-electron chi connectivity index (χ3n) is 2.49. The van der Waals surface area contributed by atoms with Gasteiger partial charge in [-0.15, -0.1) is 0 Å². The maximum absolute atomic E-state index is 11.6. The van der Waals surface area contributed by atoms with Gasteiger partial charge in [0.25, 0.3) is 0 Å². The Kier molecular flexibility index (Phi) is 4.36. The third kappa shape index (κ3) is 4.62. The lowest BCUT2D eigenvalue weighted by molar-refractivity contribution is 0.0491. The van der Waals surface area contributed by atoms with Crippen LogP contribution < -0.4 is 22.3 Å². The summed E-state index contributed by atoms with van der Waals surface area (Å²) in [7, 11) is 0. The molecule has 6 N–H and O–H groups in total. The number of ether oxygens (including phenoxy) is 1. The van der Waals surface area contributed by atoms with Crippen molar-refractivity contribution < 1.29 is 9.53 Å². The average Bonchev–Trinajstić information content (AvgIpc) is 2.17. The molecule has 1 aliphatic carbocycles. The van der Waals surface area contributed by atoms with Crippen LogP contribution in [0.15, 0.2) is 11.8 Å². The number of carbonyl (C=O) groups excluding carboxylic acids is 1. The number of nitrogens with one attached hydrogen (secondary N) is 2. The molecule has 0 heterocycles. The van der Waals surface area contributed by atoms with E-state index in [1.807, 2.05) is 26.8 Å². The predicted octanol–water partition coefficient (Wildman–Crippen LogP) is 0.348. The van der Waals surface area contributed by atoms with E-state index in [4.69, 9.17) is 16.3 Å². The number of carbonyl (C=O) groups is 1. The minimum atomic E-state index is -0.501. The maximum atomic E-state index is 11.6. The Balaban J connectivity index is 2.53. The summed E-state index contributed by atoms with van der Waals surface area (Å²) in [6.07, 6.45) is 2.74. The molecule has 0 aromatic heterocycles. The van der Waals surface area contributed by atoms with E-state index in [1.165, 1.54) is 0 Å². The summed E-state index contributed by atoms with van der Waals surface area (Å²) in [5.41, 5.74) is 8.67. The van der Waals surface area contributed by atoms with E-state index in [-0.39, 0.29) is 12.1 Å². The number of hydrogen-bond acceptors (Lipinski definition) is 5. The van der Waals surface area contributed by atoms with Crippen molar-refractivity contribution in [2.24, 2.45) is 11.6 Å². The molecule has 0 aliphatic heterocycles. The van der Waals surface area contributed by atoms with Gasteiger partial charge >= 0.3 is 6.09 Å². The zero-order valence-corrected chi connectivity index (χ0v) is 10.6. The molecule has 0 aromatic carbocycles. The van der Waals surface area contributed by atoms with Crippen LogP contribution in [0.5, 0.6) is 0 Å². The van der Waals surface area contributed by atoms with Crippen LogP contribution in [-0.2, 0) is 4.74 Å². The molecule has 0 saturated carbocycles. The van der Waals surface area contributed by atoms with Crippen LogP contribution in [0.1, 0.15) is 33.6 Å². The molecular formula is C11H22N4O2. The summed E-state index contributed by atoms with van der Waals surface area (Å²) in [6, 6.07) is -0.158. The quantitative estimate of drug-likeness (QED) is 0.413. The lowest BCUT2D eigenvalue weighted by Crippen LogP contribution is -2.54. The van der Waals surface area contributed by atoms with E-state index in [1.54, 1.807) is 0 Å². The molecule has 0 bridgehead atoms. The van der Waals surface area contributed by atoms with Crippen molar-refractivity contribution in [3.63, 3.8) is 0 Å². The minimum absolute atomic E-state index is 0.0625.